The van der Waals surface area contributed by atoms with Crippen LogP contribution in [0.2, 0.25) is 0 Å². The van der Waals surface area contributed by atoms with Gasteiger partial charge in [0.1, 0.15) is 0 Å². The van der Waals surface area contributed by atoms with E-state index in [9.17, 15) is 4.79 Å². The molecule has 2 aromatic carbocycles. The van der Waals surface area contributed by atoms with E-state index in [1.807, 2.05) is 45.0 Å². The molecular weight excluding hydrogens is 302 g/mol. The minimum absolute atomic E-state index is 0.0372. The summed E-state index contributed by atoms with van der Waals surface area (Å²) in [6.07, 6.45) is 2.16. The predicted octanol–water partition coefficient (Wildman–Crippen LogP) is 5.00. The normalized spacial score (nSPS) is 12.0. The van der Waals surface area contributed by atoms with Crippen molar-refractivity contribution in [1.82, 2.24) is 0 Å². The van der Waals surface area contributed by atoms with Crippen LogP contribution in [0, 0.1) is 13.8 Å². The summed E-state index contributed by atoms with van der Waals surface area (Å²) in [6.45, 7) is 6.04. The molecule has 0 aliphatic carbocycles. The van der Waals surface area contributed by atoms with Gasteiger partial charge >= 0.3 is 0 Å². The lowest BCUT2D eigenvalue weighted by Gasteiger charge is -2.15. The minimum atomic E-state index is -0.0372. The zero-order valence-electron chi connectivity index (χ0n) is 14.1. The van der Waals surface area contributed by atoms with Crippen LogP contribution in [0.3, 0.4) is 0 Å². The largest absolute Gasteiger partial charge is 0.325 e. The molecular formula is C20H25NOS. The molecule has 1 atom stereocenters. The van der Waals surface area contributed by atoms with Gasteiger partial charge in [-0.05, 0) is 56.1 Å². The Labute approximate surface area is 143 Å². The van der Waals surface area contributed by atoms with E-state index < -0.39 is 0 Å². The van der Waals surface area contributed by atoms with Gasteiger partial charge in [-0.3, -0.25) is 4.79 Å². The quantitative estimate of drug-likeness (QED) is 0.725. The molecule has 23 heavy (non-hydrogen) atoms. The highest BCUT2D eigenvalue weighted by Crippen LogP contribution is 2.22. The minimum Gasteiger partial charge on any atom is -0.325 e. The second-order valence-corrected chi connectivity index (χ2v) is 7.31. The summed E-state index contributed by atoms with van der Waals surface area (Å²) in [5, 5.41) is 3.04. The number of amides is 1. The number of nitrogens with one attached hydrogen (secondary N) is 1. The number of carbonyl (C=O) groups is 1. The third kappa shape index (κ3) is 5.43. The topological polar surface area (TPSA) is 29.1 Å². The first kappa shape index (κ1) is 17.6. The van der Waals surface area contributed by atoms with E-state index in [2.05, 4.69) is 29.6 Å². The maximum atomic E-state index is 12.3. The van der Waals surface area contributed by atoms with E-state index in [4.69, 9.17) is 0 Å². The SMILES string of the molecule is Cc1cccc(C)c1NC(=O)C(C)SCCCc1ccccc1. The Morgan fingerprint density at radius 3 is 2.35 bits per heavy atom. The highest BCUT2D eigenvalue weighted by Gasteiger charge is 2.15. The summed E-state index contributed by atoms with van der Waals surface area (Å²) in [6, 6.07) is 16.6. The third-order valence-corrected chi connectivity index (χ3v) is 5.16. The van der Waals surface area contributed by atoms with Gasteiger partial charge in [0, 0.05) is 5.69 Å². The van der Waals surface area contributed by atoms with Crippen molar-refractivity contribution in [1.29, 1.82) is 0 Å². The molecule has 0 saturated carbocycles. The highest BCUT2D eigenvalue weighted by atomic mass is 32.2. The van der Waals surface area contributed by atoms with Gasteiger partial charge in [0.25, 0.3) is 0 Å². The van der Waals surface area contributed by atoms with E-state index in [0.717, 1.165) is 35.4 Å². The molecule has 2 aromatic rings. The molecule has 2 rings (SSSR count). The van der Waals surface area contributed by atoms with Crippen molar-refractivity contribution in [2.75, 3.05) is 11.1 Å². The number of thioether (sulfide) groups is 1. The fourth-order valence-corrected chi connectivity index (χ4v) is 3.37. The van der Waals surface area contributed by atoms with Crippen LogP contribution >= 0.6 is 11.8 Å². The lowest BCUT2D eigenvalue weighted by atomic mass is 10.1. The van der Waals surface area contributed by atoms with Crippen molar-refractivity contribution in [3.8, 4) is 0 Å². The molecule has 0 fully saturated rings. The summed E-state index contributed by atoms with van der Waals surface area (Å²) < 4.78 is 0. The maximum Gasteiger partial charge on any atom is 0.237 e. The van der Waals surface area contributed by atoms with E-state index in [1.165, 1.54) is 5.56 Å². The fourth-order valence-electron chi connectivity index (χ4n) is 2.49. The Bertz CT molecular complexity index is 619. The van der Waals surface area contributed by atoms with E-state index in [-0.39, 0.29) is 11.2 Å². The van der Waals surface area contributed by atoms with Crippen molar-refractivity contribution < 1.29 is 4.79 Å². The monoisotopic (exact) mass is 327 g/mol. The van der Waals surface area contributed by atoms with Gasteiger partial charge in [0.05, 0.1) is 5.25 Å². The first-order valence-corrected chi connectivity index (χ1v) is 9.15. The Morgan fingerprint density at radius 1 is 1.04 bits per heavy atom. The summed E-state index contributed by atoms with van der Waals surface area (Å²) in [5.41, 5.74) is 4.54. The number of carbonyl (C=O) groups excluding carboxylic acids is 1. The number of aryl methyl sites for hydroxylation is 3. The Morgan fingerprint density at radius 2 is 1.70 bits per heavy atom. The van der Waals surface area contributed by atoms with Gasteiger partial charge in [0.2, 0.25) is 5.91 Å². The second-order valence-electron chi connectivity index (χ2n) is 5.86. The van der Waals surface area contributed by atoms with Gasteiger partial charge in [-0.1, -0.05) is 48.5 Å². The Hall–Kier alpha value is -1.74. The number of hydrogen-bond donors (Lipinski definition) is 1. The van der Waals surface area contributed by atoms with Crippen molar-refractivity contribution in [2.24, 2.45) is 0 Å². The average Bonchev–Trinajstić information content (AvgIpc) is 2.55. The smallest absolute Gasteiger partial charge is 0.237 e. The molecule has 1 unspecified atom stereocenters. The van der Waals surface area contributed by atoms with E-state index in [1.54, 1.807) is 11.8 Å². The number of benzene rings is 2. The summed E-state index contributed by atoms with van der Waals surface area (Å²) in [5.74, 6) is 1.09. The summed E-state index contributed by atoms with van der Waals surface area (Å²) in [4.78, 5) is 12.3. The van der Waals surface area contributed by atoms with Crippen molar-refractivity contribution in [3.63, 3.8) is 0 Å². The van der Waals surface area contributed by atoms with Gasteiger partial charge in [-0.15, -0.1) is 11.8 Å². The average molecular weight is 327 g/mol. The molecule has 3 heteroatoms. The molecule has 122 valence electrons. The van der Waals surface area contributed by atoms with Gasteiger partial charge in [-0.25, -0.2) is 0 Å². The molecule has 0 aliphatic heterocycles. The summed E-state index contributed by atoms with van der Waals surface area (Å²) >= 11 is 1.72. The third-order valence-electron chi connectivity index (χ3n) is 3.92. The molecule has 0 radical (unpaired) electrons. The van der Waals surface area contributed by atoms with Crippen molar-refractivity contribution >= 4 is 23.4 Å². The molecule has 0 aromatic heterocycles. The van der Waals surface area contributed by atoms with Crippen LogP contribution in [0.25, 0.3) is 0 Å². The van der Waals surface area contributed by atoms with Crippen molar-refractivity contribution in [2.45, 2.75) is 38.9 Å². The van der Waals surface area contributed by atoms with Crippen LogP contribution in [0.4, 0.5) is 5.69 Å². The van der Waals surface area contributed by atoms with Crippen molar-refractivity contribution in [3.05, 3.63) is 65.2 Å². The first-order chi connectivity index (χ1) is 11.1. The fraction of sp³-hybridized carbons (Fsp3) is 0.350. The molecule has 2 nitrogen and oxygen atoms in total. The van der Waals surface area contributed by atoms with E-state index in [0.29, 0.717) is 0 Å². The molecule has 0 spiro atoms. The van der Waals surface area contributed by atoms with Gasteiger partial charge < -0.3 is 5.32 Å². The lowest BCUT2D eigenvalue weighted by Crippen LogP contribution is -2.23. The molecule has 0 heterocycles. The zero-order valence-corrected chi connectivity index (χ0v) is 15.0. The van der Waals surface area contributed by atoms with Gasteiger partial charge in [-0.2, -0.15) is 0 Å². The Balaban J connectivity index is 1.77. The second kappa shape index (κ2) is 8.78. The van der Waals surface area contributed by atoms with Crippen LogP contribution in [0.1, 0.15) is 30.0 Å². The lowest BCUT2D eigenvalue weighted by molar-refractivity contribution is -0.115. The number of para-hydroxylation sites is 1. The zero-order chi connectivity index (χ0) is 16.7. The van der Waals surface area contributed by atoms with E-state index >= 15 is 0 Å². The number of anilines is 1. The number of hydrogen-bond acceptors (Lipinski definition) is 2. The Kier molecular flexibility index (Phi) is 6.72. The highest BCUT2D eigenvalue weighted by molar-refractivity contribution is 8.00. The van der Waals surface area contributed by atoms with Gasteiger partial charge in [0.15, 0.2) is 0 Å². The number of rotatable bonds is 7. The van der Waals surface area contributed by atoms with Crippen LogP contribution < -0.4 is 5.32 Å². The first-order valence-electron chi connectivity index (χ1n) is 8.10. The standard InChI is InChI=1S/C20H25NOS/c1-15-9-7-10-16(2)19(15)21-20(22)17(3)23-14-8-13-18-11-5-4-6-12-18/h4-7,9-12,17H,8,13-14H2,1-3H3,(H,21,22). The molecule has 0 bridgehead atoms. The van der Waals surface area contributed by atoms with Crippen LogP contribution in [0.5, 0.6) is 0 Å². The summed E-state index contributed by atoms with van der Waals surface area (Å²) in [7, 11) is 0. The molecule has 1 N–H and O–H groups in total. The van der Waals surface area contributed by atoms with Crippen LogP contribution in [-0.2, 0) is 11.2 Å². The van der Waals surface area contributed by atoms with Crippen LogP contribution in [0.15, 0.2) is 48.5 Å². The molecule has 0 saturated heterocycles. The molecule has 0 aliphatic rings. The molecule has 1 amide bonds. The predicted molar refractivity (Wildman–Crippen MR) is 101 cm³/mol. The maximum absolute atomic E-state index is 12.3. The van der Waals surface area contributed by atoms with Crippen LogP contribution in [-0.4, -0.2) is 16.9 Å².